The van der Waals surface area contributed by atoms with E-state index in [4.69, 9.17) is 4.52 Å². The van der Waals surface area contributed by atoms with Crippen LogP contribution in [-0.2, 0) is 11.2 Å². The summed E-state index contributed by atoms with van der Waals surface area (Å²) in [7, 11) is 0. The van der Waals surface area contributed by atoms with Crippen LogP contribution in [0.1, 0.15) is 55.8 Å². The van der Waals surface area contributed by atoms with Crippen molar-refractivity contribution in [3.05, 3.63) is 41.8 Å². The predicted octanol–water partition coefficient (Wildman–Crippen LogP) is 2.54. The lowest BCUT2D eigenvalue weighted by molar-refractivity contribution is -0.131. The maximum Gasteiger partial charge on any atom is 0.229 e. The highest BCUT2D eigenvalue weighted by atomic mass is 16.5. The third kappa shape index (κ3) is 3.75. The number of piperidine rings is 1. The first-order valence-electron chi connectivity index (χ1n) is 8.13. The van der Waals surface area contributed by atoms with Gasteiger partial charge in [-0.3, -0.25) is 9.78 Å². The number of hydrogen-bond acceptors (Lipinski definition) is 5. The van der Waals surface area contributed by atoms with Gasteiger partial charge in [0.15, 0.2) is 5.82 Å². The summed E-state index contributed by atoms with van der Waals surface area (Å²) in [6.45, 7) is 5.52. The zero-order chi connectivity index (χ0) is 16.2. The minimum absolute atomic E-state index is 0.135. The molecule has 0 radical (unpaired) electrons. The van der Waals surface area contributed by atoms with E-state index in [9.17, 15) is 4.79 Å². The normalized spacial score (nSPS) is 18.4. The van der Waals surface area contributed by atoms with E-state index in [2.05, 4.69) is 15.1 Å². The number of hydrogen-bond donors (Lipinski definition) is 0. The van der Waals surface area contributed by atoms with Crippen LogP contribution in [0.25, 0.3) is 0 Å². The second-order valence-electron chi connectivity index (χ2n) is 6.36. The van der Waals surface area contributed by atoms with Crippen molar-refractivity contribution in [2.75, 3.05) is 13.1 Å². The summed E-state index contributed by atoms with van der Waals surface area (Å²) >= 11 is 0. The van der Waals surface area contributed by atoms with Gasteiger partial charge in [0.25, 0.3) is 0 Å². The molecular formula is C17H22N4O2. The van der Waals surface area contributed by atoms with Gasteiger partial charge in [-0.05, 0) is 24.5 Å². The van der Waals surface area contributed by atoms with E-state index < -0.39 is 0 Å². The lowest BCUT2D eigenvalue weighted by Gasteiger charge is -2.31. The highest BCUT2D eigenvalue weighted by Crippen LogP contribution is 2.26. The highest BCUT2D eigenvalue weighted by molar-refractivity contribution is 5.78. The van der Waals surface area contributed by atoms with E-state index in [1.807, 2.05) is 30.9 Å². The van der Waals surface area contributed by atoms with Gasteiger partial charge in [0, 0.05) is 37.3 Å². The van der Waals surface area contributed by atoms with Crippen molar-refractivity contribution in [2.24, 2.45) is 0 Å². The first-order valence-corrected chi connectivity index (χ1v) is 8.13. The van der Waals surface area contributed by atoms with Crippen molar-refractivity contribution in [2.45, 2.75) is 44.9 Å². The Labute approximate surface area is 135 Å². The highest BCUT2D eigenvalue weighted by Gasteiger charge is 2.28. The van der Waals surface area contributed by atoms with Crippen LogP contribution in [0.3, 0.4) is 0 Å². The molecule has 1 saturated heterocycles. The average Bonchev–Trinajstić information content (AvgIpc) is 3.06. The molecule has 0 unspecified atom stereocenters. The van der Waals surface area contributed by atoms with Crippen LogP contribution in [0, 0.1) is 0 Å². The molecule has 2 aromatic rings. The minimum Gasteiger partial charge on any atom is -0.342 e. The molecule has 0 aliphatic carbocycles. The molecule has 0 N–H and O–H groups in total. The first kappa shape index (κ1) is 15.6. The average molecular weight is 314 g/mol. The summed E-state index contributed by atoms with van der Waals surface area (Å²) in [5, 5.41) is 4.10. The topological polar surface area (TPSA) is 72.1 Å². The van der Waals surface area contributed by atoms with Crippen LogP contribution in [0.5, 0.6) is 0 Å². The van der Waals surface area contributed by atoms with Crippen molar-refractivity contribution in [1.29, 1.82) is 0 Å². The summed E-state index contributed by atoms with van der Waals surface area (Å²) < 4.78 is 5.30. The lowest BCUT2D eigenvalue weighted by atomic mass is 9.97. The van der Waals surface area contributed by atoms with E-state index in [-0.39, 0.29) is 17.7 Å². The van der Waals surface area contributed by atoms with Gasteiger partial charge in [0.05, 0.1) is 6.42 Å². The maximum absolute atomic E-state index is 12.5. The summed E-state index contributed by atoms with van der Waals surface area (Å²) in [5.74, 6) is 1.92. The van der Waals surface area contributed by atoms with Gasteiger partial charge in [-0.1, -0.05) is 25.1 Å². The smallest absolute Gasteiger partial charge is 0.229 e. The molecule has 1 amide bonds. The molecule has 0 aromatic carbocycles. The second-order valence-corrected chi connectivity index (χ2v) is 6.36. The number of nitrogens with zero attached hydrogens (tertiary/aromatic N) is 4. The molecular weight excluding hydrogens is 292 g/mol. The number of carbonyl (C=O) groups is 1. The Hall–Kier alpha value is -2.24. The Morgan fingerprint density at radius 1 is 1.48 bits per heavy atom. The minimum atomic E-state index is 0.135. The number of pyridine rings is 1. The van der Waals surface area contributed by atoms with Crippen molar-refractivity contribution >= 4 is 5.91 Å². The van der Waals surface area contributed by atoms with Gasteiger partial charge in [0.2, 0.25) is 11.8 Å². The molecule has 2 aromatic heterocycles. The van der Waals surface area contributed by atoms with Crippen molar-refractivity contribution < 1.29 is 9.32 Å². The lowest BCUT2D eigenvalue weighted by Crippen LogP contribution is -2.40. The molecule has 1 aliphatic heterocycles. The Kier molecular flexibility index (Phi) is 4.69. The number of rotatable bonds is 4. The van der Waals surface area contributed by atoms with E-state index in [1.165, 1.54) is 0 Å². The van der Waals surface area contributed by atoms with Crippen LogP contribution in [0.2, 0.25) is 0 Å². The van der Waals surface area contributed by atoms with E-state index >= 15 is 0 Å². The van der Waals surface area contributed by atoms with Crippen molar-refractivity contribution in [3.8, 4) is 0 Å². The standard InChI is InChI=1S/C17H22N4O2/c1-12(2)17-19-16(20-23-17)14-6-4-8-21(11-14)15(22)9-13-5-3-7-18-10-13/h3,5,7,10,12,14H,4,6,8-9,11H2,1-2H3/t14-/m1/s1. The molecule has 23 heavy (non-hydrogen) atoms. The number of likely N-dealkylation sites (tertiary alicyclic amines) is 1. The van der Waals surface area contributed by atoms with Crippen LogP contribution >= 0.6 is 0 Å². The van der Waals surface area contributed by atoms with Crippen molar-refractivity contribution in [1.82, 2.24) is 20.0 Å². The van der Waals surface area contributed by atoms with E-state index in [1.54, 1.807) is 12.4 Å². The van der Waals surface area contributed by atoms with Crippen molar-refractivity contribution in [3.63, 3.8) is 0 Å². The van der Waals surface area contributed by atoms with Gasteiger partial charge in [0.1, 0.15) is 0 Å². The van der Waals surface area contributed by atoms with Crippen LogP contribution in [-0.4, -0.2) is 39.0 Å². The number of amides is 1. The molecule has 1 aliphatic rings. The second kappa shape index (κ2) is 6.89. The van der Waals surface area contributed by atoms with Gasteiger partial charge < -0.3 is 9.42 Å². The zero-order valence-corrected chi connectivity index (χ0v) is 13.6. The Balaban J connectivity index is 1.64. The maximum atomic E-state index is 12.5. The van der Waals surface area contributed by atoms with Gasteiger partial charge in [-0.2, -0.15) is 4.98 Å². The fourth-order valence-corrected chi connectivity index (χ4v) is 2.85. The summed E-state index contributed by atoms with van der Waals surface area (Å²) in [5.41, 5.74) is 0.946. The Bertz CT molecular complexity index is 654. The molecule has 1 atom stereocenters. The molecule has 1 fully saturated rings. The molecule has 0 spiro atoms. The molecule has 122 valence electrons. The zero-order valence-electron chi connectivity index (χ0n) is 13.6. The Morgan fingerprint density at radius 2 is 2.35 bits per heavy atom. The molecule has 0 bridgehead atoms. The molecule has 6 nitrogen and oxygen atoms in total. The SMILES string of the molecule is CC(C)c1nc([C@@H]2CCCN(C(=O)Cc3cccnc3)C2)no1. The van der Waals surface area contributed by atoms with Crippen LogP contribution < -0.4 is 0 Å². The first-order chi connectivity index (χ1) is 11.1. The predicted molar refractivity (Wildman–Crippen MR) is 84.9 cm³/mol. The summed E-state index contributed by atoms with van der Waals surface area (Å²) in [6, 6.07) is 3.79. The molecule has 3 rings (SSSR count). The Morgan fingerprint density at radius 3 is 3.04 bits per heavy atom. The van der Waals surface area contributed by atoms with Gasteiger partial charge in [-0.15, -0.1) is 0 Å². The number of carbonyl (C=O) groups excluding carboxylic acids is 1. The molecule has 6 heteroatoms. The van der Waals surface area contributed by atoms with E-state index in [0.29, 0.717) is 18.9 Å². The van der Waals surface area contributed by atoms with Gasteiger partial charge >= 0.3 is 0 Å². The summed E-state index contributed by atoms with van der Waals surface area (Å²) in [6.07, 6.45) is 5.81. The summed E-state index contributed by atoms with van der Waals surface area (Å²) in [4.78, 5) is 22.9. The fraction of sp³-hybridized carbons (Fsp3) is 0.529. The van der Waals surface area contributed by atoms with E-state index in [0.717, 1.165) is 30.8 Å². The molecule has 0 saturated carbocycles. The monoisotopic (exact) mass is 314 g/mol. The van der Waals surface area contributed by atoms with Gasteiger partial charge in [-0.25, -0.2) is 0 Å². The fourth-order valence-electron chi connectivity index (χ4n) is 2.85. The third-order valence-electron chi connectivity index (χ3n) is 4.17. The third-order valence-corrected chi connectivity index (χ3v) is 4.17. The quantitative estimate of drug-likeness (QED) is 0.867. The largest absolute Gasteiger partial charge is 0.342 e. The molecule has 3 heterocycles. The van der Waals surface area contributed by atoms with Crippen LogP contribution in [0.15, 0.2) is 29.0 Å². The van der Waals surface area contributed by atoms with Crippen LogP contribution in [0.4, 0.5) is 0 Å². The number of aromatic nitrogens is 3.